The van der Waals surface area contributed by atoms with Crippen LogP contribution in [0.3, 0.4) is 0 Å². The summed E-state index contributed by atoms with van der Waals surface area (Å²) in [6.45, 7) is 2.15. The van der Waals surface area contributed by atoms with Gasteiger partial charge in [-0.2, -0.15) is 5.10 Å². The molecule has 1 saturated carbocycles. The first kappa shape index (κ1) is 9.71. The highest BCUT2D eigenvalue weighted by atomic mass is 15.3. The van der Waals surface area contributed by atoms with E-state index in [0.29, 0.717) is 12.1 Å². The lowest BCUT2D eigenvalue weighted by Crippen LogP contribution is -2.35. The quantitative estimate of drug-likeness (QED) is 0.779. The maximum absolute atomic E-state index is 6.10. The highest BCUT2D eigenvalue weighted by molar-refractivity contribution is 5.04. The number of nitrogens with zero attached hydrogens (tertiary/aromatic N) is 2. The van der Waals surface area contributed by atoms with Crippen molar-refractivity contribution in [1.29, 1.82) is 0 Å². The van der Waals surface area contributed by atoms with Crippen LogP contribution in [0.4, 0.5) is 0 Å². The molecular weight excluding hydrogens is 174 g/mol. The van der Waals surface area contributed by atoms with Crippen LogP contribution < -0.4 is 5.73 Å². The highest BCUT2D eigenvalue weighted by Gasteiger charge is 2.23. The van der Waals surface area contributed by atoms with Gasteiger partial charge in [-0.15, -0.1) is 0 Å². The third kappa shape index (κ3) is 1.82. The third-order valence-electron chi connectivity index (χ3n) is 3.18. The second-order valence-electron chi connectivity index (χ2n) is 4.20. The summed E-state index contributed by atoms with van der Waals surface area (Å²) >= 11 is 0. The normalized spacial score (nSPS) is 27.9. The predicted octanol–water partition coefficient (Wildman–Crippen LogP) is 1.89. The molecule has 1 aliphatic carbocycles. The zero-order valence-corrected chi connectivity index (χ0v) is 8.82. The van der Waals surface area contributed by atoms with Crippen molar-refractivity contribution in [2.45, 2.75) is 51.1 Å². The maximum atomic E-state index is 6.10. The summed E-state index contributed by atoms with van der Waals surface area (Å²) in [7, 11) is 0. The van der Waals surface area contributed by atoms with Crippen LogP contribution in [0, 0.1) is 0 Å². The number of hydrogen-bond acceptors (Lipinski definition) is 2. The van der Waals surface area contributed by atoms with Crippen LogP contribution in [0.1, 0.15) is 44.2 Å². The molecule has 0 spiro atoms. The van der Waals surface area contributed by atoms with Gasteiger partial charge >= 0.3 is 0 Å². The van der Waals surface area contributed by atoms with Crippen LogP contribution in [-0.2, 0) is 6.42 Å². The van der Waals surface area contributed by atoms with Gasteiger partial charge in [0.1, 0.15) is 0 Å². The molecule has 0 amide bonds. The lowest BCUT2D eigenvalue weighted by atomic mass is 9.91. The van der Waals surface area contributed by atoms with Crippen LogP contribution in [0.15, 0.2) is 12.4 Å². The van der Waals surface area contributed by atoms with Crippen molar-refractivity contribution in [1.82, 2.24) is 9.78 Å². The van der Waals surface area contributed by atoms with Crippen LogP contribution >= 0.6 is 0 Å². The van der Waals surface area contributed by atoms with Crippen molar-refractivity contribution in [3.63, 3.8) is 0 Å². The summed E-state index contributed by atoms with van der Waals surface area (Å²) < 4.78 is 2.07. The summed E-state index contributed by atoms with van der Waals surface area (Å²) in [4.78, 5) is 0. The van der Waals surface area contributed by atoms with E-state index in [1.54, 1.807) is 0 Å². The van der Waals surface area contributed by atoms with Gasteiger partial charge in [-0.05, 0) is 24.8 Å². The van der Waals surface area contributed by atoms with Gasteiger partial charge < -0.3 is 5.73 Å². The molecule has 1 heterocycles. The molecule has 3 heteroatoms. The SMILES string of the molecule is CCc1cnn(C2CCCCC2N)c1. The number of aryl methyl sites for hydroxylation is 1. The fraction of sp³-hybridized carbons (Fsp3) is 0.727. The predicted molar refractivity (Wildman–Crippen MR) is 57.1 cm³/mol. The topological polar surface area (TPSA) is 43.8 Å². The van der Waals surface area contributed by atoms with Crippen molar-refractivity contribution in [2.75, 3.05) is 0 Å². The first-order chi connectivity index (χ1) is 6.81. The van der Waals surface area contributed by atoms with Crippen molar-refractivity contribution in [3.8, 4) is 0 Å². The molecule has 0 aromatic carbocycles. The number of nitrogens with two attached hydrogens (primary N) is 1. The molecule has 2 rings (SSSR count). The Hall–Kier alpha value is -0.830. The lowest BCUT2D eigenvalue weighted by molar-refractivity contribution is 0.286. The molecule has 0 aliphatic heterocycles. The summed E-state index contributed by atoms with van der Waals surface area (Å²) in [5.74, 6) is 0. The van der Waals surface area contributed by atoms with Crippen LogP contribution in [-0.4, -0.2) is 15.8 Å². The fourth-order valence-corrected chi connectivity index (χ4v) is 2.21. The molecule has 0 radical (unpaired) electrons. The first-order valence-electron chi connectivity index (χ1n) is 5.60. The Morgan fingerprint density at radius 2 is 2.29 bits per heavy atom. The van der Waals surface area contributed by atoms with Crippen molar-refractivity contribution in [3.05, 3.63) is 18.0 Å². The molecule has 0 saturated heterocycles. The molecule has 1 aromatic heterocycles. The molecule has 2 atom stereocenters. The highest BCUT2D eigenvalue weighted by Crippen LogP contribution is 2.26. The Kier molecular flexibility index (Phi) is 2.87. The molecular formula is C11H19N3. The molecule has 1 aromatic rings. The molecule has 78 valence electrons. The van der Waals surface area contributed by atoms with Crippen LogP contribution in [0.2, 0.25) is 0 Å². The Morgan fingerprint density at radius 1 is 1.50 bits per heavy atom. The van der Waals surface area contributed by atoms with E-state index < -0.39 is 0 Å². The van der Waals surface area contributed by atoms with Gasteiger partial charge in [-0.25, -0.2) is 0 Å². The summed E-state index contributed by atoms with van der Waals surface area (Å²) in [5, 5.41) is 4.40. The van der Waals surface area contributed by atoms with Gasteiger partial charge in [-0.1, -0.05) is 19.8 Å². The summed E-state index contributed by atoms with van der Waals surface area (Å²) in [5.41, 5.74) is 7.41. The summed E-state index contributed by atoms with van der Waals surface area (Å²) in [6, 6.07) is 0.734. The van der Waals surface area contributed by atoms with E-state index in [9.17, 15) is 0 Å². The second kappa shape index (κ2) is 4.13. The zero-order valence-electron chi connectivity index (χ0n) is 8.82. The average molecular weight is 193 g/mol. The van der Waals surface area contributed by atoms with Crippen LogP contribution in [0.25, 0.3) is 0 Å². The molecule has 1 fully saturated rings. The monoisotopic (exact) mass is 193 g/mol. The molecule has 3 nitrogen and oxygen atoms in total. The largest absolute Gasteiger partial charge is 0.326 e. The minimum Gasteiger partial charge on any atom is -0.326 e. The van der Waals surface area contributed by atoms with Gasteiger partial charge in [-0.3, -0.25) is 4.68 Å². The van der Waals surface area contributed by atoms with E-state index in [1.807, 2.05) is 6.20 Å². The van der Waals surface area contributed by atoms with Crippen LogP contribution in [0.5, 0.6) is 0 Å². The molecule has 2 unspecified atom stereocenters. The van der Waals surface area contributed by atoms with Gasteiger partial charge in [0.25, 0.3) is 0 Å². The second-order valence-corrected chi connectivity index (χ2v) is 4.20. The molecule has 1 aliphatic rings. The standard InChI is InChI=1S/C11H19N3/c1-2-9-7-13-14(8-9)11-6-4-3-5-10(11)12/h7-8,10-11H,2-6,12H2,1H3. The van der Waals surface area contributed by atoms with E-state index in [1.165, 1.54) is 24.8 Å². The molecule has 14 heavy (non-hydrogen) atoms. The lowest BCUT2D eigenvalue weighted by Gasteiger charge is -2.28. The smallest absolute Gasteiger partial charge is 0.0670 e. The number of aromatic nitrogens is 2. The Labute approximate surface area is 85.3 Å². The number of hydrogen-bond donors (Lipinski definition) is 1. The minimum atomic E-state index is 0.299. The van der Waals surface area contributed by atoms with Gasteiger partial charge in [0.15, 0.2) is 0 Å². The fourth-order valence-electron chi connectivity index (χ4n) is 2.21. The van der Waals surface area contributed by atoms with Crippen molar-refractivity contribution in [2.24, 2.45) is 5.73 Å². The van der Waals surface area contributed by atoms with E-state index >= 15 is 0 Å². The minimum absolute atomic E-state index is 0.299. The first-order valence-corrected chi connectivity index (χ1v) is 5.60. The summed E-state index contributed by atoms with van der Waals surface area (Å²) in [6.07, 6.45) is 10.1. The Morgan fingerprint density at radius 3 is 2.93 bits per heavy atom. The molecule has 0 bridgehead atoms. The van der Waals surface area contributed by atoms with Crippen molar-refractivity contribution >= 4 is 0 Å². The van der Waals surface area contributed by atoms with E-state index in [4.69, 9.17) is 5.73 Å². The third-order valence-corrected chi connectivity index (χ3v) is 3.18. The maximum Gasteiger partial charge on any atom is 0.0670 e. The van der Waals surface area contributed by atoms with E-state index in [-0.39, 0.29) is 0 Å². The van der Waals surface area contributed by atoms with E-state index in [0.717, 1.165) is 12.8 Å². The van der Waals surface area contributed by atoms with E-state index in [2.05, 4.69) is 22.9 Å². The average Bonchev–Trinajstić information content (AvgIpc) is 2.67. The number of rotatable bonds is 2. The Bertz CT molecular complexity index is 292. The van der Waals surface area contributed by atoms with Crippen molar-refractivity contribution < 1.29 is 0 Å². The Balaban J connectivity index is 2.12. The molecule has 2 N–H and O–H groups in total. The van der Waals surface area contributed by atoms with Gasteiger partial charge in [0, 0.05) is 12.2 Å². The van der Waals surface area contributed by atoms with Gasteiger partial charge in [0.05, 0.1) is 12.2 Å². The van der Waals surface area contributed by atoms with Gasteiger partial charge in [0.2, 0.25) is 0 Å². The zero-order chi connectivity index (χ0) is 9.97.